The van der Waals surface area contributed by atoms with Gasteiger partial charge in [0.25, 0.3) is 0 Å². The Hall–Kier alpha value is -1.64. The van der Waals surface area contributed by atoms with Crippen LogP contribution < -0.4 is 0 Å². The Balaban J connectivity index is 1.42. The summed E-state index contributed by atoms with van der Waals surface area (Å²) in [5, 5.41) is 9.65. The molecule has 26 heavy (non-hydrogen) atoms. The first-order valence-corrected chi connectivity index (χ1v) is 10.4. The summed E-state index contributed by atoms with van der Waals surface area (Å²) in [4.78, 5) is 2.53. The molecule has 0 aromatic heterocycles. The summed E-state index contributed by atoms with van der Waals surface area (Å²) >= 11 is 0. The number of piperidine rings is 1. The van der Waals surface area contributed by atoms with Crippen LogP contribution in [0.4, 0.5) is 0 Å². The lowest BCUT2D eigenvalue weighted by atomic mass is 9.84. The van der Waals surface area contributed by atoms with E-state index in [1.165, 1.54) is 38.6 Å². The maximum Gasteiger partial charge on any atom is 0.0564 e. The molecule has 0 amide bonds. The van der Waals surface area contributed by atoms with E-state index >= 15 is 0 Å². The van der Waals surface area contributed by atoms with E-state index in [-0.39, 0.29) is 6.10 Å². The van der Waals surface area contributed by atoms with E-state index in [2.05, 4.69) is 53.4 Å². The van der Waals surface area contributed by atoms with Crippen molar-refractivity contribution in [2.75, 3.05) is 19.6 Å². The fraction of sp³-hybridized carbons (Fsp3) is 0.500. The van der Waals surface area contributed by atoms with Gasteiger partial charge in [-0.2, -0.15) is 0 Å². The van der Waals surface area contributed by atoms with Crippen LogP contribution in [0.2, 0.25) is 0 Å². The van der Waals surface area contributed by atoms with E-state index in [0.717, 1.165) is 25.9 Å². The van der Waals surface area contributed by atoms with Gasteiger partial charge in [0.2, 0.25) is 0 Å². The molecule has 0 unspecified atom stereocenters. The zero-order valence-corrected chi connectivity index (χ0v) is 15.7. The number of unbranched alkanes of at least 4 members (excludes halogenated alkanes) is 1. The summed E-state index contributed by atoms with van der Waals surface area (Å²) in [6, 6.07) is 18.2. The molecule has 2 aliphatic rings. The predicted octanol–water partition coefficient (Wildman–Crippen LogP) is 4.54. The van der Waals surface area contributed by atoms with Crippen LogP contribution >= 0.6 is 0 Å². The quantitative estimate of drug-likeness (QED) is 0.801. The molecule has 2 nitrogen and oxygen atoms in total. The number of aliphatic hydroxyl groups excluding tert-OH is 1. The van der Waals surface area contributed by atoms with Crippen molar-refractivity contribution >= 4 is 0 Å². The molecule has 138 valence electrons. The Morgan fingerprint density at radius 1 is 0.808 bits per heavy atom. The second-order valence-corrected chi connectivity index (χ2v) is 8.02. The lowest BCUT2D eigenvalue weighted by Gasteiger charge is -2.29. The van der Waals surface area contributed by atoms with E-state index in [4.69, 9.17) is 0 Å². The predicted molar refractivity (Wildman–Crippen MR) is 108 cm³/mol. The maximum atomic E-state index is 9.65. The summed E-state index contributed by atoms with van der Waals surface area (Å²) in [5.41, 5.74) is 6.19. The summed E-state index contributed by atoms with van der Waals surface area (Å²) < 4.78 is 0. The summed E-state index contributed by atoms with van der Waals surface area (Å²) in [7, 11) is 0. The molecule has 4 rings (SSSR count). The fourth-order valence-electron chi connectivity index (χ4n) is 4.78. The molecule has 0 radical (unpaired) electrons. The van der Waals surface area contributed by atoms with Gasteiger partial charge in [0, 0.05) is 19.0 Å². The SMILES string of the molecule is OC1CCN(CCCCC2c3ccccc3CCc3ccccc32)CC1. The van der Waals surface area contributed by atoms with Crippen molar-refractivity contribution in [3.63, 3.8) is 0 Å². The lowest BCUT2D eigenvalue weighted by molar-refractivity contribution is 0.0817. The number of fused-ring (bicyclic) bond motifs is 2. The molecule has 1 heterocycles. The van der Waals surface area contributed by atoms with Gasteiger partial charge in [-0.05, 0) is 67.3 Å². The molecule has 1 fully saturated rings. The fourth-order valence-corrected chi connectivity index (χ4v) is 4.78. The van der Waals surface area contributed by atoms with Crippen molar-refractivity contribution in [3.8, 4) is 0 Å². The van der Waals surface area contributed by atoms with Crippen molar-refractivity contribution in [2.24, 2.45) is 0 Å². The smallest absolute Gasteiger partial charge is 0.0564 e. The molecule has 2 aromatic carbocycles. The number of rotatable bonds is 5. The third-order valence-electron chi connectivity index (χ3n) is 6.30. The molecule has 2 heteroatoms. The van der Waals surface area contributed by atoms with Crippen LogP contribution in [-0.4, -0.2) is 35.7 Å². The van der Waals surface area contributed by atoms with Crippen LogP contribution in [0.15, 0.2) is 48.5 Å². The van der Waals surface area contributed by atoms with Crippen LogP contribution in [0.5, 0.6) is 0 Å². The van der Waals surface area contributed by atoms with Gasteiger partial charge in [-0.1, -0.05) is 55.0 Å². The average Bonchev–Trinajstić information content (AvgIpc) is 2.84. The minimum absolute atomic E-state index is 0.0646. The van der Waals surface area contributed by atoms with Crippen molar-refractivity contribution < 1.29 is 5.11 Å². The first-order valence-electron chi connectivity index (χ1n) is 10.4. The van der Waals surface area contributed by atoms with Crippen molar-refractivity contribution in [2.45, 2.75) is 57.0 Å². The number of aliphatic hydroxyl groups is 1. The minimum Gasteiger partial charge on any atom is -0.393 e. The summed E-state index contributed by atoms with van der Waals surface area (Å²) in [5.74, 6) is 0.549. The maximum absolute atomic E-state index is 9.65. The molecule has 1 aliphatic heterocycles. The second-order valence-electron chi connectivity index (χ2n) is 8.02. The molecular weight excluding hydrogens is 318 g/mol. The third-order valence-corrected chi connectivity index (χ3v) is 6.30. The molecule has 0 spiro atoms. The monoisotopic (exact) mass is 349 g/mol. The standard InChI is InChI=1S/C24H31NO/c26-21-14-17-25(18-15-21)16-6-5-11-24-22-9-3-1-7-19(22)12-13-20-8-2-4-10-23(20)24/h1-4,7-10,21,24,26H,5-6,11-18H2. The highest BCUT2D eigenvalue weighted by Gasteiger charge is 2.23. The van der Waals surface area contributed by atoms with Gasteiger partial charge < -0.3 is 10.0 Å². The Kier molecular flexibility index (Phi) is 5.72. The van der Waals surface area contributed by atoms with E-state index in [9.17, 15) is 5.11 Å². The number of hydrogen-bond donors (Lipinski definition) is 1. The topological polar surface area (TPSA) is 23.5 Å². The Morgan fingerprint density at radius 3 is 2.00 bits per heavy atom. The zero-order valence-electron chi connectivity index (χ0n) is 15.7. The summed E-state index contributed by atoms with van der Waals surface area (Å²) in [6.07, 6.45) is 7.94. The van der Waals surface area contributed by atoms with Gasteiger partial charge in [-0.25, -0.2) is 0 Å². The Bertz CT molecular complexity index is 670. The molecule has 2 aromatic rings. The van der Waals surface area contributed by atoms with Crippen LogP contribution in [0.3, 0.4) is 0 Å². The molecule has 0 atom stereocenters. The molecular formula is C24H31NO. The molecule has 1 aliphatic carbocycles. The van der Waals surface area contributed by atoms with Crippen molar-refractivity contribution in [3.05, 3.63) is 70.8 Å². The lowest BCUT2D eigenvalue weighted by Crippen LogP contribution is -2.36. The number of nitrogens with zero attached hydrogens (tertiary/aromatic N) is 1. The van der Waals surface area contributed by atoms with E-state index < -0.39 is 0 Å². The Labute approximate surface area is 157 Å². The van der Waals surface area contributed by atoms with Crippen LogP contribution in [-0.2, 0) is 12.8 Å². The molecule has 0 saturated carbocycles. The van der Waals surface area contributed by atoms with Gasteiger partial charge >= 0.3 is 0 Å². The van der Waals surface area contributed by atoms with Gasteiger partial charge in [-0.15, -0.1) is 0 Å². The molecule has 0 bridgehead atoms. The van der Waals surface area contributed by atoms with Gasteiger partial charge in [0.05, 0.1) is 6.10 Å². The van der Waals surface area contributed by atoms with E-state index in [1.807, 2.05) is 0 Å². The largest absolute Gasteiger partial charge is 0.393 e. The minimum atomic E-state index is -0.0646. The highest BCUT2D eigenvalue weighted by atomic mass is 16.3. The normalized spacial score (nSPS) is 19.0. The summed E-state index contributed by atoms with van der Waals surface area (Å²) in [6.45, 7) is 3.31. The second kappa shape index (κ2) is 8.37. The highest BCUT2D eigenvalue weighted by molar-refractivity contribution is 5.44. The molecule has 1 saturated heterocycles. The number of benzene rings is 2. The van der Waals surface area contributed by atoms with Gasteiger partial charge in [-0.3, -0.25) is 0 Å². The van der Waals surface area contributed by atoms with Gasteiger partial charge in [0.1, 0.15) is 0 Å². The zero-order chi connectivity index (χ0) is 17.8. The first kappa shape index (κ1) is 17.8. The van der Waals surface area contributed by atoms with Crippen molar-refractivity contribution in [1.29, 1.82) is 0 Å². The first-order chi connectivity index (χ1) is 12.8. The van der Waals surface area contributed by atoms with Crippen molar-refractivity contribution in [1.82, 2.24) is 4.90 Å². The number of aryl methyl sites for hydroxylation is 2. The van der Waals surface area contributed by atoms with E-state index in [0.29, 0.717) is 5.92 Å². The number of likely N-dealkylation sites (tertiary alicyclic amines) is 1. The number of hydrogen-bond acceptors (Lipinski definition) is 2. The average molecular weight is 350 g/mol. The Morgan fingerprint density at radius 2 is 1.38 bits per heavy atom. The third kappa shape index (κ3) is 4.02. The van der Waals surface area contributed by atoms with E-state index in [1.54, 1.807) is 22.3 Å². The van der Waals surface area contributed by atoms with Crippen LogP contribution in [0.1, 0.15) is 60.3 Å². The van der Waals surface area contributed by atoms with Crippen LogP contribution in [0.25, 0.3) is 0 Å². The molecule has 1 N–H and O–H groups in total. The van der Waals surface area contributed by atoms with Gasteiger partial charge in [0.15, 0.2) is 0 Å². The highest BCUT2D eigenvalue weighted by Crippen LogP contribution is 2.37. The van der Waals surface area contributed by atoms with Crippen LogP contribution in [0, 0.1) is 0 Å².